The molecule has 0 aliphatic carbocycles. The smallest absolute Gasteiger partial charge is 0.223 e. The normalized spacial score (nSPS) is 16.6. The highest BCUT2D eigenvalue weighted by Crippen LogP contribution is 2.07. The topological polar surface area (TPSA) is 83.6 Å². The molecule has 0 radical (unpaired) electrons. The average molecular weight is 240 g/mol. The molecule has 0 rings (SSSR count). The Hall–Kier alpha value is -0.240. The van der Waals surface area contributed by atoms with Crippen molar-refractivity contribution in [3.63, 3.8) is 0 Å². The number of thiocarbonyl (C=S) groups is 1. The molecule has 84 valence electrons. The minimum Gasteiger partial charge on any atom is -0.392 e. The van der Waals surface area contributed by atoms with Crippen LogP contribution in [-0.4, -0.2) is 47.8 Å². The molecule has 3 N–H and O–H groups in total. The molecule has 0 bridgehead atoms. The maximum atomic E-state index is 11.7. The fraction of sp³-hybridized carbons (Fsp3) is 0.857. The Bertz CT molecular complexity index is 300. The second-order valence-corrected chi connectivity index (χ2v) is 6.05. The van der Waals surface area contributed by atoms with Crippen molar-refractivity contribution in [2.24, 2.45) is 5.73 Å². The summed E-state index contributed by atoms with van der Waals surface area (Å²) in [5.74, 6) is 0. The van der Waals surface area contributed by atoms with E-state index >= 15 is 0 Å². The summed E-state index contributed by atoms with van der Waals surface area (Å²) in [6, 6.07) is 0. The SMILES string of the molecule is CC(O)CN(C)S(=O)(=O)C(C)C(N)=S. The first-order chi connectivity index (χ1) is 6.19. The van der Waals surface area contributed by atoms with Crippen LogP contribution in [0.5, 0.6) is 0 Å². The molecule has 0 aromatic carbocycles. The lowest BCUT2D eigenvalue weighted by Crippen LogP contribution is -2.43. The van der Waals surface area contributed by atoms with Gasteiger partial charge in [0.25, 0.3) is 0 Å². The molecule has 0 heterocycles. The Balaban J connectivity index is 4.70. The third-order valence-electron chi connectivity index (χ3n) is 1.80. The zero-order chi connectivity index (χ0) is 11.5. The van der Waals surface area contributed by atoms with Gasteiger partial charge in [0.15, 0.2) is 0 Å². The summed E-state index contributed by atoms with van der Waals surface area (Å²) in [5, 5.41) is 8.13. The van der Waals surface area contributed by atoms with E-state index in [0.717, 1.165) is 4.31 Å². The second kappa shape index (κ2) is 5.01. The standard InChI is InChI=1S/C7H16N2O3S2/c1-5(10)4-9(3)14(11,12)6(2)7(8)13/h5-6,10H,4H2,1-3H3,(H2,8,13). The van der Waals surface area contributed by atoms with Gasteiger partial charge in [-0.1, -0.05) is 12.2 Å². The number of likely N-dealkylation sites (N-methyl/N-ethyl adjacent to an activating group) is 1. The highest BCUT2D eigenvalue weighted by atomic mass is 32.2. The molecule has 0 aliphatic rings. The first-order valence-electron chi connectivity index (χ1n) is 4.12. The molecule has 0 saturated carbocycles. The summed E-state index contributed by atoms with van der Waals surface area (Å²) in [7, 11) is -2.14. The lowest BCUT2D eigenvalue weighted by molar-refractivity contribution is 0.171. The minimum atomic E-state index is -3.53. The van der Waals surface area contributed by atoms with Gasteiger partial charge in [0.2, 0.25) is 10.0 Å². The summed E-state index contributed by atoms with van der Waals surface area (Å²) in [6.45, 7) is 2.98. The van der Waals surface area contributed by atoms with Crippen LogP contribution in [0.1, 0.15) is 13.8 Å². The molecule has 0 spiro atoms. The fourth-order valence-corrected chi connectivity index (χ4v) is 2.51. The van der Waals surface area contributed by atoms with Gasteiger partial charge in [0.05, 0.1) is 11.1 Å². The van der Waals surface area contributed by atoms with Gasteiger partial charge in [0, 0.05) is 13.6 Å². The van der Waals surface area contributed by atoms with E-state index in [1.54, 1.807) is 0 Å². The average Bonchev–Trinajstić information content (AvgIpc) is 2.01. The zero-order valence-electron chi connectivity index (χ0n) is 8.47. The van der Waals surface area contributed by atoms with Gasteiger partial charge in [-0.2, -0.15) is 0 Å². The van der Waals surface area contributed by atoms with E-state index in [0.29, 0.717) is 0 Å². The Morgan fingerprint density at radius 2 is 2.00 bits per heavy atom. The van der Waals surface area contributed by atoms with E-state index in [1.807, 2.05) is 0 Å². The van der Waals surface area contributed by atoms with E-state index < -0.39 is 21.4 Å². The largest absolute Gasteiger partial charge is 0.392 e. The van der Waals surface area contributed by atoms with Crippen molar-refractivity contribution in [1.82, 2.24) is 4.31 Å². The Kier molecular flexibility index (Phi) is 4.93. The van der Waals surface area contributed by atoms with E-state index in [2.05, 4.69) is 12.2 Å². The first kappa shape index (κ1) is 13.8. The van der Waals surface area contributed by atoms with Gasteiger partial charge in [-0.25, -0.2) is 12.7 Å². The van der Waals surface area contributed by atoms with Crippen LogP contribution < -0.4 is 5.73 Å². The van der Waals surface area contributed by atoms with Crippen LogP contribution in [0.25, 0.3) is 0 Å². The number of rotatable bonds is 5. The molecular formula is C7H16N2O3S2. The van der Waals surface area contributed by atoms with E-state index in [1.165, 1.54) is 20.9 Å². The van der Waals surface area contributed by atoms with Crippen molar-refractivity contribution in [1.29, 1.82) is 0 Å². The van der Waals surface area contributed by atoms with Crippen molar-refractivity contribution in [2.45, 2.75) is 25.2 Å². The maximum Gasteiger partial charge on any atom is 0.223 e. The number of aliphatic hydroxyl groups is 1. The number of aliphatic hydroxyl groups excluding tert-OH is 1. The van der Waals surface area contributed by atoms with Gasteiger partial charge in [-0.3, -0.25) is 0 Å². The quantitative estimate of drug-likeness (QED) is 0.621. The number of nitrogens with two attached hydrogens (primary N) is 1. The monoisotopic (exact) mass is 240 g/mol. The predicted molar refractivity (Wildman–Crippen MR) is 59.5 cm³/mol. The molecule has 2 unspecified atom stereocenters. The number of nitrogens with zero attached hydrogens (tertiary/aromatic N) is 1. The summed E-state index contributed by atoms with van der Waals surface area (Å²) in [5.41, 5.74) is 5.25. The molecule has 0 fully saturated rings. The minimum absolute atomic E-state index is 0.0370. The van der Waals surface area contributed by atoms with Crippen LogP contribution in [0.4, 0.5) is 0 Å². The fourth-order valence-electron chi connectivity index (χ4n) is 0.893. The number of hydrogen-bond donors (Lipinski definition) is 2. The van der Waals surface area contributed by atoms with Crippen molar-refractivity contribution >= 4 is 27.2 Å². The summed E-state index contributed by atoms with van der Waals surface area (Å²) in [6.07, 6.45) is -0.715. The molecule has 14 heavy (non-hydrogen) atoms. The molecule has 0 amide bonds. The zero-order valence-corrected chi connectivity index (χ0v) is 10.1. The Morgan fingerprint density at radius 3 is 2.29 bits per heavy atom. The van der Waals surface area contributed by atoms with Crippen LogP contribution >= 0.6 is 12.2 Å². The van der Waals surface area contributed by atoms with Gasteiger partial charge < -0.3 is 10.8 Å². The first-order valence-corrected chi connectivity index (χ1v) is 6.03. The molecular weight excluding hydrogens is 224 g/mol. The van der Waals surface area contributed by atoms with Crippen LogP contribution in [0.15, 0.2) is 0 Å². The van der Waals surface area contributed by atoms with Crippen LogP contribution in [0.3, 0.4) is 0 Å². The molecule has 5 nitrogen and oxygen atoms in total. The lowest BCUT2D eigenvalue weighted by atomic mass is 10.4. The van der Waals surface area contributed by atoms with Crippen LogP contribution in [0, 0.1) is 0 Å². The number of sulfonamides is 1. The molecule has 0 saturated heterocycles. The highest BCUT2D eigenvalue weighted by Gasteiger charge is 2.28. The van der Waals surface area contributed by atoms with Crippen molar-refractivity contribution in [2.75, 3.05) is 13.6 Å². The van der Waals surface area contributed by atoms with Gasteiger partial charge >= 0.3 is 0 Å². The molecule has 0 aromatic rings. The van der Waals surface area contributed by atoms with Gasteiger partial charge in [0.1, 0.15) is 5.25 Å². The second-order valence-electron chi connectivity index (χ2n) is 3.22. The maximum absolute atomic E-state index is 11.7. The summed E-state index contributed by atoms with van der Waals surface area (Å²) >= 11 is 4.61. The van der Waals surface area contributed by atoms with Gasteiger partial charge in [-0.15, -0.1) is 0 Å². The third kappa shape index (κ3) is 3.49. The summed E-state index contributed by atoms with van der Waals surface area (Å²) < 4.78 is 24.4. The highest BCUT2D eigenvalue weighted by molar-refractivity contribution is 7.92. The van der Waals surface area contributed by atoms with E-state index in [9.17, 15) is 8.42 Å². The molecule has 2 atom stereocenters. The molecule has 0 aliphatic heterocycles. The van der Waals surface area contributed by atoms with Crippen LogP contribution in [-0.2, 0) is 10.0 Å². The predicted octanol–water partition coefficient (Wildman–Crippen LogP) is -0.697. The molecule has 7 heteroatoms. The lowest BCUT2D eigenvalue weighted by Gasteiger charge is -2.22. The molecule has 0 aromatic heterocycles. The third-order valence-corrected chi connectivity index (χ3v) is 4.47. The van der Waals surface area contributed by atoms with Crippen molar-refractivity contribution in [3.8, 4) is 0 Å². The van der Waals surface area contributed by atoms with Crippen molar-refractivity contribution in [3.05, 3.63) is 0 Å². The summed E-state index contributed by atoms with van der Waals surface area (Å²) in [4.78, 5) is -0.0672. The number of hydrogen-bond acceptors (Lipinski definition) is 4. The van der Waals surface area contributed by atoms with E-state index in [-0.39, 0.29) is 11.5 Å². The Labute approximate surface area is 89.9 Å². The van der Waals surface area contributed by atoms with Crippen LogP contribution in [0.2, 0.25) is 0 Å². The van der Waals surface area contributed by atoms with Crippen molar-refractivity contribution < 1.29 is 13.5 Å². The Morgan fingerprint density at radius 1 is 1.57 bits per heavy atom. The van der Waals surface area contributed by atoms with E-state index in [4.69, 9.17) is 10.8 Å². The van der Waals surface area contributed by atoms with Gasteiger partial charge in [-0.05, 0) is 13.8 Å².